The van der Waals surface area contributed by atoms with Crippen molar-refractivity contribution in [1.82, 2.24) is 0 Å². The maximum atomic E-state index is 13.2. The van der Waals surface area contributed by atoms with Gasteiger partial charge in [0.25, 0.3) is 0 Å². The average molecular weight is 378 g/mol. The molecule has 0 saturated heterocycles. The lowest BCUT2D eigenvalue weighted by Gasteiger charge is -2.10. The predicted molar refractivity (Wildman–Crippen MR) is 117 cm³/mol. The summed E-state index contributed by atoms with van der Waals surface area (Å²) in [6.45, 7) is 4.00. The molecule has 1 atom stereocenters. The van der Waals surface area contributed by atoms with Gasteiger partial charge in [-0.3, -0.25) is 4.79 Å². The Kier molecular flexibility index (Phi) is 5.53. The molecular formula is C27H22O2. The Bertz CT molecular complexity index is 1090. The van der Waals surface area contributed by atoms with Gasteiger partial charge in [0.15, 0.2) is 5.78 Å². The number of ketones is 1. The van der Waals surface area contributed by atoms with Crippen LogP contribution in [0.3, 0.4) is 0 Å². The van der Waals surface area contributed by atoms with Crippen molar-refractivity contribution in [3.63, 3.8) is 0 Å². The van der Waals surface area contributed by atoms with Crippen LogP contribution in [0.1, 0.15) is 33.2 Å². The van der Waals surface area contributed by atoms with E-state index >= 15 is 0 Å². The molecule has 0 fully saturated rings. The molecule has 0 saturated carbocycles. The molecule has 0 bridgehead atoms. The lowest BCUT2D eigenvalue weighted by molar-refractivity contribution is 0.103. The molecule has 29 heavy (non-hydrogen) atoms. The molecule has 0 aliphatic heterocycles. The zero-order valence-electron chi connectivity index (χ0n) is 16.1. The first kappa shape index (κ1) is 18.7. The molecule has 0 spiro atoms. The molecule has 2 heteroatoms. The highest BCUT2D eigenvalue weighted by molar-refractivity contribution is 6.12. The van der Waals surface area contributed by atoms with Gasteiger partial charge in [-0.05, 0) is 11.6 Å². The van der Waals surface area contributed by atoms with E-state index in [0.29, 0.717) is 23.3 Å². The Balaban J connectivity index is 1.74. The van der Waals surface area contributed by atoms with Gasteiger partial charge in [-0.2, -0.15) is 0 Å². The second-order valence-corrected chi connectivity index (χ2v) is 6.97. The van der Waals surface area contributed by atoms with Crippen LogP contribution in [0.4, 0.5) is 0 Å². The zero-order chi connectivity index (χ0) is 20.1. The molecule has 0 N–H and O–H groups in total. The number of carbonyl (C=O) groups excluding carboxylic acids is 1. The molecule has 0 radical (unpaired) electrons. The number of rotatable bonds is 7. The first-order valence-corrected chi connectivity index (χ1v) is 9.71. The minimum atomic E-state index is -0.0330. The first-order valence-electron chi connectivity index (χ1n) is 9.71. The minimum Gasteiger partial charge on any atom is -0.460 e. The SMILES string of the molecule is C=CC(Cc1cc(C(=O)c2ccccc2)c(-c2ccccc2)o1)c1ccccc1. The fourth-order valence-electron chi connectivity index (χ4n) is 3.51. The molecule has 0 aliphatic carbocycles. The van der Waals surface area contributed by atoms with Crippen molar-refractivity contribution in [3.8, 4) is 11.3 Å². The Morgan fingerprint density at radius 2 is 1.45 bits per heavy atom. The van der Waals surface area contributed by atoms with Crippen LogP contribution in [0, 0.1) is 0 Å². The summed E-state index contributed by atoms with van der Waals surface area (Å²) in [5.41, 5.74) is 3.32. The van der Waals surface area contributed by atoms with Gasteiger partial charge in [-0.25, -0.2) is 0 Å². The molecule has 1 aromatic heterocycles. The summed E-state index contributed by atoms with van der Waals surface area (Å²) >= 11 is 0. The smallest absolute Gasteiger partial charge is 0.196 e. The number of carbonyl (C=O) groups is 1. The second kappa shape index (κ2) is 8.57. The van der Waals surface area contributed by atoms with E-state index in [-0.39, 0.29) is 11.7 Å². The highest BCUT2D eigenvalue weighted by Gasteiger charge is 2.22. The third-order valence-corrected chi connectivity index (χ3v) is 5.03. The lowest BCUT2D eigenvalue weighted by atomic mass is 9.94. The maximum Gasteiger partial charge on any atom is 0.196 e. The first-order chi connectivity index (χ1) is 14.3. The highest BCUT2D eigenvalue weighted by atomic mass is 16.3. The summed E-state index contributed by atoms with van der Waals surface area (Å²) in [6, 6.07) is 31.2. The Morgan fingerprint density at radius 3 is 2.07 bits per heavy atom. The van der Waals surface area contributed by atoms with E-state index in [1.165, 1.54) is 5.56 Å². The normalized spacial score (nSPS) is 11.7. The lowest BCUT2D eigenvalue weighted by Crippen LogP contribution is -2.01. The van der Waals surface area contributed by atoms with Crippen LogP contribution in [0.2, 0.25) is 0 Å². The van der Waals surface area contributed by atoms with Crippen LogP contribution in [-0.2, 0) is 6.42 Å². The second-order valence-electron chi connectivity index (χ2n) is 6.97. The Labute approximate surface area is 171 Å². The average Bonchev–Trinajstić information content (AvgIpc) is 3.22. The van der Waals surface area contributed by atoms with Gasteiger partial charge in [-0.15, -0.1) is 6.58 Å². The topological polar surface area (TPSA) is 30.2 Å². The summed E-state index contributed by atoms with van der Waals surface area (Å²) in [4.78, 5) is 13.2. The summed E-state index contributed by atoms with van der Waals surface area (Å²) in [7, 11) is 0. The standard InChI is InChI=1S/C27H22O2/c1-2-20(21-12-6-3-7-13-21)18-24-19-25(26(28)22-14-8-4-9-15-22)27(29-24)23-16-10-5-11-17-23/h2-17,19-20H,1,18H2. The van der Waals surface area contributed by atoms with Gasteiger partial charge in [0, 0.05) is 23.5 Å². The van der Waals surface area contributed by atoms with E-state index in [4.69, 9.17) is 4.42 Å². The summed E-state index contributed by atoms with van der Waals surface area (Å²) < 4.78 is 6.23. The number of allylic oxidation sites excluding steroid dienone is 1. The Hall–Kier alpha value is -3.65. The molecule has 2 nitrogen and oxygen atoms in total. The fourth-order valence-corrected chi connectivity index (χ4v) is 3.51. The van der Waals surface area contributed by atoms with E-state index in [0.717, 1.165) is 11.3 Å². The fraction of sp³-hybridized carbons (Fsp3) is 0.0741. The molecule has 0 amide bonds. The van der Waals surface area contributed by atoms with Crippen molar-refractivity contribution >= 4 is 5.78 Å². The minimum absolute atomic E-state index is 0.0330. The number of furan rings is 1. The van der Waals surface area contributed by atoms with Crippen LogP contribution in [0.15, 0.2) is 114 Å². The number of benzene rings is 3. The van der Waals surface area contributed by atoms with E-state index < -0.39 is 0 Å². The molecule has 4 rings (SSSR count). The summed E-state index contributed by atoms with van der Waals surface area (Å²) in [5, 5.41) is 0. The molecule has 0 aliphatic rings. The van der Waals surface area contributed by atoms with Crippen LogP contribution in [-0.4, -0.2) is 5.78 Å². The molecule has 1 heterocycles. The van der Waals surface area contributed by atoms with Gasteiger partial charge >= 0.3 is 0 Å². The van der Waals surface area contributed by atoms with Crippen molar-refractivity contribution < 1.29 is 9.21 Å². The van der Waals surface area contributed by atoms with Gasteiger partial charge in [0.05, 0.1) is 5.56 Å². The van der Waals surface area contributed by atoms with E-state index in [2.05, 4.69) is 18.7 Å². The molecule has 142 valence electrons. The maximum absolute atomic E-state index is 13.2. The van der Waals surface area contributed by atoms with E-state index in [1.807, 2.05) is 91.0 Å². The quantitative estimate of drug-likeness (QED) is 0.265. The molecule has 4 aromatic rings. The van der Waals surface area contributed by atoms with Gasteiger partial charge in [-0.1, -0.05) is 97.1 Å². The Morgan fingerprint density at radius 1 is 0.862 bits per heavy atom. The van der Waals surface area contributed by atoms with Crippen LogP contribution in [0.5, 0.6) is 0 Å². The van der Waals surface area contributed by atoms with Crippen LogP contribution in [0.25, 0.3) is 11.3 Å². The molecule has 1 unspecified atom stereocenters. The van der Waals surface area contributed by atoms with Crippen molar-refractivity contribution in [1.29, 1.82) is 0 Å². The number of hydrogen-bond acceptors (Lipinski definition) is 2. The molecular weight excluding hydrogens is 356 g/mol. The van der Waals surface area contributed by atoms with Crippen molar-refractivity contribution in [2.24, 2.45) is 0 Å². The third kappa shape index (κ3) is 4.12. The van der Waals surface area contributed by atoms with Gasteiger partial charge in [0.2, 0.25) is 0 Å². The number of hydrogen-bond donors (Lipinski definition) is 0. The predicted octanol–water partition coefficient (Wildman–Crippen LogP) is 6.69. The third-order valence-electron chi connectivity index (χ3n) is 5.03. The van der Waals surface area contributed by atoms with Crippen LogP contribution >= 0.6 is 0 Å². The van der Waals surface area contributed by atoms with Crippen molar-refractivity contribution in [2.75, 3.05) is 0 Å². The van der Waals surface area contributed by atoms with E-state index in [9.17, 15) is 4.79 Å². The highest BCUT2D eigenvalue weighted by Crippen LogP contribution is 2.32. The van der Waals surface area contributed by atoms with Crippen molar-refractivity contribution in [3.05, 3.63) is 132 Å². The monoisotopic (exact) mass is 378 g/mol. The van der Waals surface area contributed by atoms with Crippen molar-refractivity contribution in [2.45, 2.75) is 12.3 Å². The zero-order valence-corrected chi connectivity index (χ0v) is 16.1. The summed E-state index contributed by atoms with van der Waals surface area (Å²) in [5.74, 6) is 1.47. The summed E-state index contributed by atoms with van der Waals surface area (Å²) in [6.07, 6.45) is 2.58. The molecule has 3 aromatic carbocycles. The van der Waals surface area contributed by atoms with Gasteiger partial charge < -0.3 is 4.42 Å². The largest absolute Gasteiger partial charge is 0.460 e. The van der Waals surface area contributed by atoms with Crippen LogP contribution < -0.4 is 0 Å². The van der Waals surface area contributed by atoms with Gasteiger partial charge in [0.1, 0.15) is 11.5 Å². The van der Waals surface area contributed by atoms with E-state index in [1.54, 1.807) is 0 Å².